The van der Waals surface area contributed by atoms with Crippen LogP contribution < -0.4 is 5.32 Å². The van der Waals surface area contributed by atoms with Crippen LogP contribution in [0.5, 0.6) is 0 Å². The quantitative estimate of drug-likeness (QED) is 0.855. The molecule has 1 aromatic heterocycles. The summed E-state index contributed by atoms with van der Waals surface area (Å²) in [6, 6.07) is 2.57. The van der Waals surface area contributed by atoms with Crippen molar-refractivity contribution in [1.29, 1.82) is 0 Å². The van der Waals surface area contributed by atoms with E-state index < -0.39 is 0 Å². The van der Waals surface area contributed by atoms with E-state index in [1.54, 1.807) is 0 Å². The topological polar surface area (TPSA) is 59.4 Å². The van der Waals surface area contributed by atoms with E-state index in [4.69, 9.17) is 4.74 Å². The normalized spacial score (nSPS) is 23.4. The Morgan fingerprint density at radius 2 is 2.16 bits per heavy atom. The minimum Gasteiger partial charge on any atom is -0.370 e. The lowest BCUT2D eigenvalue weighted by molar-refractivity contribution is -0.123. The molecule has 2 aliphatic rings. The summed E-state index contributed by atoms with van der Waals surface area (Å²) in [6.45, 7) is 9.98. The number of amides is 1. The molecule has 140 valence electrons. The van der Waals surface area contributed by atoms with E-state index in [1.807, 2.05) is 23.9 Å². The number of nitrogens with zero attached hydrogens (tertiary/aromatic N) is 3. The maximum atomic E-state index is 12.1. The van der Waals surface area contributed by atoms with Gasteiger partial charge in [-0.1, -0.05) is 0 Å². The van der Waals surface area contributed by atoms with E-state index in [2.05, 4.69) is 29.2 Å². The van der Waals surface area contributed by atoms with E-state index >= 15 is 0 Å². The fraction of sp³-hybridized carbons (Fsp3) is 0.789. The van der Waals surface area contributed by atoms with Crippen molar-refractivity contribution in [2.75, 3.05) is 19.6 Å². The summed E-state index contributed by atoms with van der Waals surface area (Å²) in [5, 5.41) is 7.34. The summed E-state index contributed by atoms with van der Waals surface area (Å²) < 4.78 is 8.19. The van der Waals surface area contributed by atoms with Gasteiger partial charge in [-0.3, -0.25) is 9.48 Å². The Labute approximate surface area is 150 Å². The number of hydrogen-bond acceptors (Lipinski definition) is 4. The molecule has 3 rings (SSSR count). The summed E-state index contributed by atoms with van der Waals surface area (Å²) in [7, 11) is 0. The molecule has 6 nitrogen and oxygen atoms in total. The second-order valence-corrected chi connectivity index (χ2v) is 7.87. The number of carbonyl (C=O) groups is 1. The zero-order valence-electron chi connectivity index (χ0n) is 15.8. The lowest BCUT2D eigenvalue weighted by atomic mass is 9.88. The van der Waals surface area contributed by atoms with Crippen LogP contribution in [0.2, 0.25) is 0 Å². The van der Waals surface area contributed by atoms with Crippen molar-refractivity contribution < 1.29 is 9.53 Å². The standard InChI is InChI=1S/C19H32N4O2/c1-15(2)22-12-8-19(9-13-22)7-4-17(25-19)14-20-18(24)6-11-23-10-5-16(3)21-23/h5,10,15,17H,4,6-9,11-14H2,1-3H3,(H,20,24)/t17-/m1/s1. The van der Waals surface area contributed by atoms with Gasteiger partial charge in [-0.25, -0.2) is 0 Å². The minimum atomic E-state index is 0.0629. The van der Waals surface area contributed by atoms with E-state index in [1.165, 1.54) is 0 Å². The SMILES string of the molecule is Cc1ccn(CCC(=O)NC[C@H]2CCC3(CCN(C(C)C)CC3)O2)n1. The number of carbonyl (C=O) groups excluding carboxylic acids is 1. The molecular formula is C19H32N4O2. The molecule has 25 heavy (non-hydrogen) atoms. The predicted octanol–water partition coefficient (Wildman–Crippen LogP) is 2.12. The maximum Gasteiger partial charge on any atom is 0.221 e. The van der Waals surface area contributed by atoms with E-state index in [0.717, 1.165) is 44.5 Å². The smallest absolute Gasteiger partial charge is 0.221 e. The predicted molar refractivity (Wildman–Crippen MR) is 97.4 cm³/mol. The molecule has 2 aliphatic heterocycles. The number of aryl methyl sites for hydroxylation is 2. The molecule has 0 saturated carbocycles. The van der Waals surface area contributed by atoms with Gasteiger partial charge in [0.1, 0.15) is 0 Å². The van der Waals surface area contributed by atoms with Gasteiger partial charge in [0.15, 0.2) is 0 Å². The molecule has 0 aromatic carbocycles. The largest absolute Gasteiger partial charge is 0.370 e. The third kappa shape index (κ3) is 4.82. The van der Waals surface area contributed by atoms with Gasteiger partial charge in [0.2, 0.25) is 5.91 Å². The summed E-state index contributed by atoms with van der Waals surface area (Å²) in [5.41, 5.74) is 1.04. The lowest BCUT2D eigenvalue weighted by Crippen LogP contribution is -2.47. The number of piperidine rings is 1. The summed E-state index contributed by atoms with van der Waals surface area (Å²) >= 11 is 0. The summed E-state index contributed by atoms with van der Waals surface area (Å²) in [4.78, 5) is 14.6. The summed E-state index contributed by atoms with van der Waals surface area (Å²) in [6.07, 6.45) is 6.97. The number of rotatable bonds is 6. The highest BCUT2D eigenvalue weighted by Crippen LogP contribution is 2.39. The molecule has 2 fully saturated rings. The molecule has 0 bridgehead atoms. The van der Waals surface area contributed by atoms with Gasteiger partial charge in [-0.2, -0.15) is 5.10 Å². The Morgan fingerprint density at radius 1 is 1.40 bits per heavy atom. The lowest BCUT2D eigenvalue weighted by Gasteiger charge is -2.40. The van der Waals surface area contributed by atoms with Gasteiger partial charge >= 0.3 is 0 Å². The van der Waals surface area contributed by atoms with Crippen molar-refractivity contribution >= 4 is 5.91 Å². The Kier molecular flexibility index (Phi) is 5.79. The fourth-order valence-corrected chi connectivity index (χ4v) is 3.97. The highest BCUT2D eigenvalue weighted by molar-refractivity contribution is 5.75. The summed E-state index contributed by atoms with van der Waals surface area (Å²) in [5.74, 6) is 0.0762. The zero-order valence-corrected chi connectivity index (χ0v) is 15.8. The Balaban J connectivity index is 1.36. The van der Waals surface area contributed by atoms with Gasteiger partial charge in [-0.05, 0) is 52.5 Å². The van der Waals surface area contributed by atoms with E-state index in [9.17, 15) is 4.79 Å². The van der Waals surface area contributed by atoms with Crippen molar-refractivity contribution in [2.45, 2.75) is 77.2 Å². The Hall–Kier alpha value is -1.40. The monoisotopic (exact) mass is 348 g/mol. The van der Waals surface area contributed by atoms with Crippen molar-refractivity contribution in [1.82, 2.24) is 20.0 Å². The molecule has 2 saturated heterocycles. The van der Waals surface area contributed by atoms with Crippen LogP contribution in [0.4, 0.5) is 0 Å². The van der Waals surface area contributed by atoms with Gasteiger partial charge in [-0.15, -0.1) is 0 Å². The first-order chi connectivity index (χ1) is 12.0. The molecule has 1 aromatic rings. The van der Waals surface area contributed by atoms with Crippen LogP contribution in [0, 0.1) is 6.92 Å². The number of aromatic nitrogens is 2. The van der Waals surface area contributed by atoms with Crippen LogP contribution in [0.15, 0.2) is 12.3 Å². The average Bonchev–Trinajstić information content (AvgIpc) is 3.18. The van der Waals surface area contributed by atoms with Crippen LogP contribution in [0.1, 0.15) is 51.6 Å². The van der Waals surface area contributed by atoms with Crippen LogP contribution >= 0.6 is 0 Å². The first-order valence-corrected chi connectivity index (χ1v) is 9.64. The molecule has 0 radical (unpaired) electrons. The number of hydrogen-bond donors (Lipinski definition) is 1. The minimum absolute atomic E-state index is 0.0629. The van der Waals surface area contributed by atoms with Gasteiger partial charge in [0.05, 0.1) is 17.4 Å². The molecule has 6 heteroatoms. The number of nitrogens with one attached hydrogen (secondary N) is 1. The van der Waals surface area contributed by atoms with Crippen molar-refractivity contribution in [3.8, 4) is 0 Å². The van der Waals surface area contributed by atoms with E-state index in [0.29, 0.717) is 25.6 Å². The Bertz CT molecular complexity index is 576. The fourth-order valence-electron chi connectivity index (χ4n) is 3.97. The molecule has 3 heterocycles. The highest BCUT2D eigenvalue weighted by Gasteiger charge is 2.42. The third-order valence-electron chi connectivity index (χ3n) is 5.65. The van der Waals surface area contributed by atoms with Crippen molar-refractivity contribution in [3.05, 3.63) is 18.0 Å². The Morgan fingerprint density at radius 3 is 2.80 bits per heavy atom. The first kappa shape index (κ1) is 18.4. The molecular weight excluding hydrogens is 316 g/mol. The zero-order chi connectivity index (χ0) is 17.9. The molecule has 1 N–H and O–H groups in total. The first-order valence-electron chi connectivity index (χ1n) is 9.64. The maximum absolute atomic E-state index is 12.1. The molecule has 1 spiro atoms. The molecule has 1 amide bonds. The molecule has 0 unspecified atom stereocenters. The van der Waals surface area contributed by atoms with Gasteiger partial charge < -0.3 is 15.0 Å². The van der Waals surface area contributed by atoms with Crippen molar-refractivity contribution in [2.24, 2.45) is 0 Å². The van der Waals surface area contributed by atoms with E-state index in [-0.39, 0.29) is 17.6 Å². The van der Waals surface area contributed by atoms with Gasteiger partial charge in [0.25, 0.3) is 0 Å². The molecule has 1 atom stereocenters. The third-order valence-corrected chi connectivity index (χ3v) is 5.65. The van der Waals surface area contributed by atoms with Crippen LogP contribution in [-0.4, -0.2) is 58.0 Å². The van der Waals surface area contributed by atoms with Crippen LogP contribution in [0.3, 0.4) is 0 Å². The number of ether oxygens (including phenoxy) is 1. The average molecular weight is 348 g/mol. The van der Waals surface area contributed by atoms with Gasteiger partial charge in [0, 0.05) is 44.8 Å². The highest BCUT2D eigenvalue weighted by atomic mass is 16.5. The number of likely N-dealkylation sites (tertiary alicyclic amines) is 1. The van der Waals surface area contributed by atoms with Crippen LogP contribution in [0.25, 0.3) is 0 Å². The second-order valence-electron chi connectivity index (χ2n) is 7.87. The second kappa shape index (κ2) is 7.87. The van der Waals surface area contributed by atoms with Crippen molar-refractivity contribution in [3.63, 3.8) is 0 Å². The molecule has 0 aliphatic carbocycles. The van der Waals surface area contributed by atoms with Crippen LogP contribution in [-0.2, 0) is 16.1 Å².